The van der Waals surface area contributed by atoms with Gasteiger partial charge in [0.25, 0.3) is 5.91 Å². The predicted molar refractivity (Wildman–Crippen MR) is 106 cm³/mol. The van der Waals surface area contributed by atoms with Gasteiger partial charge in [-0.3, -0.25) is 4.79 Å². The standard InChI is InChI=1S/C18H15Cl2NO4S/c1-23-10-6-9(7-11(8-10)24-2)21-18(22)17-14(19)12-4-5-13(25-3)15(20)16(12)26-17/h4-8H,1-3H3,(H,21,22). The molecular weight excluding hydrogens is 397 g/mol. The molecule has 1 amide bonds. The Morgan fingerprint density at radius 1 is 0.962 bits per heavy atom. The molecule has 0 unspecified atom stereocenters. The molecule has 1 aromatic heterocycles. The summed E-state index contributed by atoms with van der Waals surface area (Å²) in [5.41, 5.74) is 0.531. The lowest BCUT2D eigenvalue weighted by atomic mass is 10.2. The molecule has 0 saturated heterocycles. The Labute approximate surface area is 164 Å². The smallest absolute Gasteiger partial charge is 0.267 e. The average molecular weight is 412 g/mol. The summed E-state index contributed by atoms with van der Waals surface area (Å²) < 4.78 is 16.3. The Bertz CT molecular complexity index is 965. The number of benzene rings is 2. The number of methoxy groups -OCH3 is 3. The van der Waals surface area contributed by atoms with Gasteiger partial charge < -0.3 is 19.5 Å². The monoisotopic (exact) mass is 411 g/mol. The van der Waals surface area contributed by atoms with Crippen LogP contribution in [0.1, 0.15) is 9.67 Å². The highest BCUT2D eigenvalue weighted by Crippen LogP contribution is 2.43. The molecule has 8 heteroatoms. The molecule has 0 aliphatic carbocycles. The van der Waals surface area contributed by atoms with Crippen LogP contribution in [-0.4, -0.2) is 27.2 Å². The number of carbonyl (C=O) groups excluding carboxylic acids is 1. The van der Waals surface area contributed by atoms with E-state index in [2.05, 4.69) is 5.32 Å². The molecule has 0 aliphatic rings. The van der Waals surface area contributed by atoms with E-state index in [0.29, 0.717) is 47.9 Å². The van der Waals surface area contributed by atoms with Crippen LogP contribution < -0.4 is 19.5 Å². The maximum Gasteiger partial charge on any atom is 0.267 e. The molecule has 0 spiro atoms. The Kier molecular flexibility index (Phi) is 5.46. The molecule has 0 aliphatic heterocycles. The molecule has 1 heterocycles. The van der Waals surface area contributed by atoms with Crippen molar-refractivity contribution in [3.05, 3.63) is 45.3 Å². The first-order chi connectivity index (χ1) is 12.5. The van der Waals surface area contributed by atoms with Crippen LogP contribution in [0.4, 0.5) is 5.69 Å². The average Bonchev–Trinajstić information content (AvgIpc) is 2.99. The molecule has 0 bridgehead atoms. The van der Waals surface area contributed by atoms with Crippen molar-refractivity contribution in [1.29, 1.82) is 0 Å². The van der Waals surface area contributed by atoms with E-state index in [-0.39, 0.29) is 5.91 Å². The summed E-state index contributed by atoms with van der Waals surface area (Å²) in [5, 5.41) is 4.29. The van der Waals surface area contributed by atoms with E-state index in [1.807, 2.05) is 0 Å². The molecule has 3 aromatic rings. The fourth-order valence-corrected chi connectivity index (χ4v) is 4.24. The van der Waals surface area contributed by atoms with Gasteiger partial charge in [0, 0.05) is 29.3 Å². The lowest BCUT2D eigenvalue weighted by Crippen LogP contribution is -2.10. The molecule has 0 fully saturated rings. The van der Waals surface area contributed by atoms with Crippen LogP contribution in [0.3, 0.4) is 0 Å². The number of hydrogen-bond donors (Lipinski definition) is 1. The Morgan fingerprint density at radius 3 is 2.19 bits per heavy atom. The van der Waals surface area contributed by atoms with Crippen LogP contribution in [0.5, 0.6) is 17.2 Å². The number of halogens is 2. The molecule has 0 atom stereocenters. The van der Waals surface area contributed by atoms with Crippen molar-refractivity contribution in [3.8, 4) is 17.2 Å². The van der Waals surface area contributed by atoms with E-state index in [9.17, 15) is 4.79 Å². The summed E-state index contributed by atoms with van der Waals surface area (Å²) >= 11 is 13.9. The molecule has 0 radical (unpaired) electrons. The van der Waals surface area contributed by atoms with E-state index >= 15 is 0 Å². The van der Waals surface area contributed by atoms with Gasteiger partial charge in [-0.05, 0) is 12.1 Å². The van der Waals surface area contributed by atoms with Crippen molar-refractivity contribution >= 4 is 56.2 Å². The molecule has 26 heavy (non-hydrogen) atoms. The van der Waals surface area contributed by atoms with E-state index in [0.717, 1.165) is 0 Å². The number of thiophene rings is 1. The van der Waals surface area contributed by atoms with Crippen molar-refractivity contribution in [2.24, 2.45) is 0 Å². The molecular formula is C18H15Cl2NO4S. The summed E-state index contributed by atoms with van der Waals surface area (Å²) in [6.07, 6.45) is 0. The SMILES string of the molecule is COc1cc(NC(=O)c2sc3c(Cl)c(OC)ccc3c2Cl)cc(OC)c1. The number of nitrogens with one attached hydrogen (secondary N) is 1. The van der Waals surface area contributed by atoms with Gasteiger partial charge in [-0.1, -0.05) is 23.2 Å². The number of amides is 1. The van der Waals surface area contributed by atoms with Gasteiger partial charge in [-0.15, -0.1) is 11.3 Å². The first-order valence-electron chi connectivity index (χ1n) is 7.47. The Balaban J connectivity index is 1.98. The molecule has 2 aromatic carbocycles. The first kappa shape index (κ1) is 18.6. The zero-order valence-corrected chi connectivity index (χ0v) is 16.5. The number of hydrogen-bond acceptors (Lipinski definition) is 5. The minimum atomic E-state index is -0.346. The van der Waals surface area contributed by atoms with Crippen LogP contribution in [0, 0.1) is 0 Å². The second kappa shape index (κ2) is 7.61. The summed E-state index contributed by atoms with van der Waals surface area (Å²) in [4.78, 5) is 13.1. The van der Waals surface area contributed by atoms with E-state index in [1.165, 1.54) is 18.4 Å². The van der Waals surface area contributed by atoms with Crippen LogP contribution in [0.25, 0.3) is 10.1 Å². The third-order valence-electron chi connectivity index (χ3n) is 3.74. The van der Waals surface area contributed by atoms with Crippen molar-refractivity contribution in [1.82, 2.24) is 0 Å². The Hall–Kier alpha value is -2.15. The molecule has 5 nitrogen and oxygen atoms in total. The lowest BCUT2D eigenvalue weighted by molar-refractivity contribution is 0.103. The van der Waals surface area contributed by atoms with Gasteiger partial charge >= 0.3 is 0 Å². The zero-order valence-electron chi connectivity index (χ0n) is 14.2. The fourth-order valence-electron chi connectivity index (χ4n) is 2.45. The number of rotatable bonds is 5. The maximum atomic E-state index is 12.7. The summed E-state index contributed by atoms with van der Waals surface area (Å²) in [6.45, 7) is 0. The predicted octanol–water partition coefficient (Wildman–Crippen LogP) is 5.49. The number of carbonyl (C=O) groups is 1. The third kappa shape index (κ3) is 3.40. The van der Waals surface area contributed by atoms with Gasteiger partial charge in [0.2, 0.25) is 0 Å². The van der Waals surface area contributed by atoms with E-state index < -0.39 is 0 Å². The van der Waals surface area contributed by atoms with Crippen LogP contribution in [0.15, 0.2) is 30.3 Å². The number of anilines is 1. The maximum absolute atomic E-state index is 12.7. The highest BCUT2D eigenvalue weighted by atomic mass is 35.5. The normalized spacial score (nSPS) is 10.7. The number of fused-ring (bicyclic) bond motifs is 1. The highest BCUT2D eigenvalue weighted by molar-refractivity contribution is 7.22. The summed E-state index contributed by atoms with van der Waals surface area (Å²) in [6, 6.07) is 8.60. The van der Waals surface area contributed by atoms with Gasteiger partial charge in [0.05, 0.1) is 31.1 Å². The Morgan fingerprint density at radius 2 is 1.62 bits per heavy atom. The van der Waals surface area contributed by atoms with Crippen molar-refractivity contribution in [2.75, 3.05) is 26.6 Å². The quantitative estimate of drug-likeness (QED) is 0.603. The largest absolute Gasteiger partial charge is 0.497 e. The molecule has 1 N–H and O–H groups in total. The van der Waals surface area contributed by atoms with E-state index in [4.69, 9.17) is 37.4 Å². The molecule has 0 saturated carbocycles. The third-order valence-corrected chi connectivity index (χ3v) is 5.95. The second-order valence-corrected chi connectivity index (χ2v) is 7.04. The van der Waals surface area contributed by atoms with Crippen LogP contribution in [-0.2, 0) is 0 Å². The van der Waals surface area contributed by atoms with Gasteiger partial charge in [-0.25, -0.2) is 0 Å². The minimum absolute atomic E-state index is 0.346. The summed E-state index contributed by atoms with van der Waals surface area (Å²) in [5.74, 6) is 1.31. The van der Waals surface area contributed by atoms with Crippen molar-refractivity contribution in [2.45, 2.75) is 0 Å². The first-order valence-corrected chi connectivity index (χ1v) is 9.04. The molecule has 136 valence electrons. The summed E-state index contributed by atoms with van der Waals surface area (Å²) in [7, 11) is 4.61. The van der Waals surface area contributed by atoms with Gasteiger partial charge in [0.15, 0.2) is 0 Å². The van der Waals surface area contributed by atoms with Crippen molar-refractivity contribution in [3.63, 3.8) is 0 Å². The molecule has 3 rings (SSSR count). The topological polar surface area (TPSA) is 56.8 Å². The zero-order chi connectivity index (χ0) is 18.8. The fraction of sp³-hybridized carbons (Fsp3) is 0.167. The van der Waals surface area contributed by atoms with Crippen LogP contribution in [0.2, 0.25) is 10.0 Å². The number of ether oxygens (including phenoxy) is 3. The van der Waals surface area contributed by atoms with Gasteiger partial charge in [0.1, 0.15) is 27.1 Å². The van der Waals surface area contributed by atoms with Crippen LogP contribution >= 0.6 is 34.5 Å². The highest BCUT2D eigenvalue weighted by Gasteiger charge is 2.20. The van der Waals surface area contributed by atoms with Gasteiger partial charge in [-0.2, -0.15) is 0 Å². The second-order valence-electron chi connectivity index (χ2n) is 5.26. The van der Waals surface area contributed by atoms with Crippen molar-refractivity contribution < 1.29 is 19.0 Å². The minimum Gasteiger partial charge on any atom is -0.497 e. The van der Waals surface area contributed by atoms with E-state index in [1.54, 1.807) is 44.6 Å². The lowest BCUT2D eigenvalue weighted by Gasteiger charge is -2.09.